The topological polar surface area (TPSA) is 34.8 Å². The van der Waals surface area contributed by atoms with E-state index in [4.69, 9.17) is 0 Å². The molecule has 0 amide bonds. The van der Waals surface area contributed by atoms with Crippen LogP contribution in [0.5, 0.6) is 0 Å². The third kappa shape index (κ3) is 2.04. The van der Waals surface area contributed by atoms with Crippen LogP contribution in [0, 0.1) is 0 Å². The van der Waals surface area contributed by atoms with E-state index in [2.05, 4.69) is 27.9 Å². The smallest absolute Gasteiger partial charge is 0.138 e. The summed E-state index contributed by atoms with van der Waals surface area (Å²) in [5.74, 6) is 1.01. The zero-order chi connectivity index (χ0) is 12.4. The number of aromatic nitrogens is 3. The quantitative estimate of drug-likeness (QED) is 0.780. The SMILES string of the molecule is Cn1ccnc1C(Nn1cccc1)c1cccs1. The summed E-state index contributed by atoms with van der Waals surface area (Å²) in [5, 5.41) is 2.09. The second-order valence-electron chi connectivity index (χ2n) is 4.06. The predicted octanol–water partition coefficient (Wildman–Crippen LogP) is 2.62. The zero-order valence-corrected chi connectivity index (χ0v) is 10.8. The summed E-state index contributed by atoms with van der Waals surface area (Å²) in [6.07, 6.45) is 7.77. The Bertz CT molecular complexity index is 595. The average molecular weight is 258 g/mol. The van der Waals surface area contributed by atoms with Crippen molar-refractivity contribution in [1.29, 1.82) is 0 Å². The Morgan fingerprint density at radius 2 is 2.06 bits per heavy atom. The van der Waals surface area contributed by atoms with Gasteiger partial charge in [-0.15, -0.1) is 11.3 Å². The fraction of sp³-hybridized carbons (Fsp3) is 0.154. The zero-order valence-electron chi connectivity index (χ0n) is 10.0. The lowest BCUT2D eigenvalue weighted by atomic mass is 10.2. The molecule has 4 nitrogen and oxygen atoms in total. The molecule has 3 aromatic rings. The highest BCUT2D eigenvalue weighted by Crippen LogP contribution is 2.25. The Hall–Kier alpha value is -2.01. The second-order valence-corrected chi connectivity index (χ2v) is 5.04. The summed E-state index contributed by atoms with van der Waals surface area (Å²) in [7, 11) is 2.01. The Balaban J connectivity index is 1.97. The van der Waals surface area contributed by atoms with Gasteiger partial charge in [0.25, 0.3) is 0 Å². The van der Waals surface area contributed by atoms with E-state index in [-0.39, 0.29) is 6.04 Å². The van der Waals surface area contributed by atoms with E-state index in [1.807, 2.05) is 53.2 Å². The molecule has 1 unspecified atom stereocenters. The highest BCUT2D eigenvalue weighted by Gasteiger charge is 2.18. The molecular formula is C13H14N4S. The van der Waals surface area contributed by atoms with Gasteiger partial charge in [-0.05, 0) is 23.6 Å². The van der Waals surface area contributed by atoms with Gasteiger partial charge in [-0.1, -0.05) is 6.07 Å². The number of hydrogen-bond donors (Lipinski definition) is 1. The maximum Gasteiger partial charge on any atom is 0.138 e. The van der Waals surface area contributed by atoms with Crippen LogP contribution in [-0.4, -0.2) is 14.2 Å². The van der Waals surface area contributed by atoms with Gasteiger partial charge in [-0.25, -0.2) is 4.98 Å². The van der Waals surface area contributed by atoms with Crippen LogP contribution < -0.4 is 5.43 Å². The lowest BCUT2D eigenvalue weighted by Gasteiger charge is -2.19. The van der Waals surface area contributed by atoms with Crippen LogP contribution in [0.15, 0.2) is 54.4 Å². The van der Waals surface area contributed by atoms with Gasteiger partial charge >= 0.3 is 0 Å². The van der Waals surface area contributed by atoms with E-state index in [0.29, 0.717) is 0 Å². The maximum absolute atomic E-state index is 4.45. The van der Waals surface area contributed by atoms with Gasteiger partial charge in [0.15, 0.2) is 0 Å². The largest absolute Gasteiger partial charge is 0.336 e. The molecule has 5 heteroatoms. The number of thiophene rings is 1. The number of nitrogens with zero attached hydrogens (tertiary/aromatic N) is 3. The van der Waals surface area contributed by atoms with Crippen LogP contribution >= 0.6 is 11.3 Å². The van der Waals surface area contributed by atoms with E-state index >= 15 is 0 Å². The number of rotatable bonds is 4. The minimum atomic E-state index is 0.0670. The van der Waals surface area contributed by atoms with E-state index in [1.54, 1.807) is 11.3 Å². The van der Waals surface area contributed by atoms with E-state index in [0.717, 1.165) is 5.82 Å². The third-order valence-electron chi connectivity index (χ3n) is 2.83. The molecule has 92 valence electrons. The van der Waals surface area contributed by atoms with Crippen molar-refractivity contribution in [3.8, 4) is 0 Å². The highest BCUT2D eigenvalue weighted by molar-refractivity contribution is 7.10. The molecule has 0 aromatic carbocycles. The van der Waals surface area contributed by atoms with Crippen LogP contribution in [0.3, 0.4) is 0 Å². The summed E-state index contributed by atoms with van der Waals surface area (Å²) in [6, 6.07) is 8.25. The molecule has 0 saturated carbocycles. The molecule has 3 aromatic heterocycles. The van der Waals surface area contributed by atoms with Gasteiger partial charge < -0.3 is 9.99 Å². The number of imidazole rings is 1. The van der Waals surface area contributed by atoms with Gasteiger partial charge in [-0.2, -0.15) is 0 Å². The third-order valence-corrected chi connectivity index (χ3v) is 3.76. The first kappa shape index (κ1) is 11.1. The van der Waals surface area contributed by atoms with Crippen LogP contribution in [0.25, 0.3) is 0 Å². The first-order valence-electron chi connectivity index (χ1n) is 5.75. The van der Waals surface area contributed by atoms with Gasteiger partial charge in [0.2, 0.25) is 0 Å². The molecule has 0 radical (unpaired) electrons. The molecule has 0 aliphatic heterocycles. The minimum absolute atomic E-state index is 0.0670. The van der Waals surface area contributed by atoms with Gasteiger partial charge in [-0.3, -0.25) is 4.68 Å². The Kier molecular flexibility index (Phi) is 2.90. The summed E-state index contributed by atoms with van der Waals surface area (Å²) < 4.78 is 4.00. The van der Waals surface area contributed by atoms with E-state index in [9.17, 15) is 0 Å². The Morgan fingerprint density at radius 3 is 2.67 bits per heavy atom. The summed E-state index contributed by atoms with van der Waals surface area (Å²) >= 11 is 1.73. The first-order chi connectivity index (χ1) is 8.84. The monoisotopic (exact) mass is 258 g/mol. The lowest BCUT2D eigenvalue weighted by Crippen LogP contribution is -2.22. The molecule has 0 aliphatic carbocycles. The van der Waals surface area contributed by atoms with Crippen molar-refractivity contribution < 1.29 is 0 Å². The predicted molar refractivity (Wildman–Crippen MR) is 73.2 cm³/mol. The molecule has 3 rings (SSSR count). The van der Waals surface area contributed by atoms with Gasteiger partial charge in [0.05, 0.1) is 0 Å². The minimum Gasteiger partial charge on any atom is -0.336 e. The van der Waals surface area contributed by atoms with E-state index in [1.165, 1.54) is 4.88 Å². The van der Waals surface area contributed by atoms with Crippen molar-refractivity contribution in [2.75, 3.05) is 5.43 Å². The normalized spacial score (nSPS) is 12.5. The van der Waals surface area contributed by atoms with Gasteiger partial charge in [0.1, 0.15) is 11.9 Å². The molecule has 18 heavy (non-hydrogen) atoms. The average Bonchev–Trinajstić information content (AvgIpc) is 3.09. The molecule has 0 fully saturated rings. The molecule has 1 N–H and O–H groups in total. The van der Waals surface area contributed by atoms with Crippen LogP contribution in [0.4, 0.5) is 0 Å². The van der Waals surface area contributed by atoms with Crippen molar-refractivity contribution >= 4 is 11.3 Å². The number of hydrogen-bond acceptors (Lipinski definition) is 3. The van der Waals surface area contributed by atoms with Crippen molar-refractivity contribution in [3.05, 3.63) is 65.1 Å². The maximum atomic E-state index is 4.45. The lowest BCUT2D eigenvalue weighted by molar-refractivity contribution is 0.686. The molecule has 0 aliphatic rings. The van der Waals surface area contributed by atoms with Gasteiger partial charge in [0, 0.05) is 36.7 Å². The summed E-state index contributed by atoms with van der Waals surface area (Å²) in [4.78, 5) is 5.69. The summed E-state index contributed by atoms with van der Waals surface area (Å²) in [6.45, 7) is 0. The van der Waals surface area contributed by atoms with Crippen LogP contribution in [-0.2, 0) is 7.05 Å². The fourth-order valence-corrected chi connectivity index (χ4v) is 2.69. The van der Waals surface area contributed by atoms with Crippen molar-refractivity contribution in [2.24, 2.45) is 7.05 Å². The standard InChI is InChI=1S/C13H14N4S/c1-16-9-6-14-13(16)12(11-5-4-10-18-11)15-17-7-2-3-8-17/h2-10,12,15H,1H3. The number of nitrogens with one attached hydrogen (secondary N) is 1. The molecule has 0 bridgehead atoms. The Labute approximate surface area is 109 Å². The molecule has 0 saturated heterocycles. The summed E-state index contributed by atoms with van der Waals surface area (Å²) in [5.41, 5.74) is 3.45. The van der Waals surface area contributed by atoms with Crippen molar-refractivity contribution in [1.82, 2.24) is 14.2 Å². The highest BCUT2D eigenvalue weighted by atomic mass is 32.1. The van der Waals surface area contributed by atoms with Crippen molar-refractivity contribution in [2.45, 2.75) is 6.04 Å². The fourth-order valence-electron chi connectivity index (χ4n) is 1.93. The molecular weight excluding hydrogens is 244 g/mol. The molecule has 1 atom stereocenters. The Morgan fingerprint density at radius 1 is 1.22 bits per heavy atom. The second kappa shape index (κ2) is 4.70. The van der Waals surface area contributed by atoms with Crippen LogP contribution in [0.2, 0.25) is 0 Å². The van der Waals surface area contributed by atoms with E-state index < -0.39 is 0 Å². The molecule has 3 heterocycles. The van der Waals surface area contributed by atoms with Crippen LogP contribution in [0.1, 0.15) is 16.7 Å². The molecule has 0 spiro atoms. The number of aryl methyl sites for hydroxylation is 1. The first-order valence-corrected chi connectivity index (χ1v) is 6.63. The van der Waals surface area contributed by atoms with Crippen molar-refractivity contribution in [3.63, 3.8) is 0 Å².